The van der Waals surface area contributed by atoms with Crippen LogP contribution in [0.2, 0.25) is 0 Å². The molecule has 1 aliphatic carbocycles. The van der Waals surface area contributed by atoms with Crippen LogP contribution >= 0.6 is 24.0 Å². The molecule has 1 fully saturated rings. The van der Waals surface area contributed by atoms with Gasteiger partial charge in [-0.15, -0.1) is 24.0 Å². The molecule has 1 aromatic carbocycles. The van der Waals surface area contributed by atoms with Crippen molar-refractivity contribution in [1.29, 1.82) is 0 Å². The van der Waals surface area contributed by atoms with Crippen LogP contribution < -0.4 is 20.1 Å². The Labute approximate surface area is 162 Å². The van der Waals surface area contributed by atoms with Gasteiger partial charge in [0.2, 0.25) is 0 Å². The molecule has 2 atom stereocenters. The summed E-state index contributed by atoms with van der Waals surface area (Å²) in [6.45, 7) is 5.76. The third-order valence-electron chi connectivity index (χ3n) is 4.15. The van der Waals surface area contributed by atoms with Crippen LogP contribution in [0.15, 0.2) is 23.2 Å². The summed E-state index contributed by atoms with van der Waals surface area (Å²) in [6.07, 6.45) is 3.80. The summed E-state index contributed by atoms with van der Waals surface area (Å²) < 4.78 is 10.7. The van der Waals surface area contributed by atoms with E-state index >= 15 is 0 Å². The first-order chi connectivity index (χ1) is 11.2. The average Bonchev–Trinajstić information content (AvgIpc) is 3.30. The van der Waals surface area contributed by atoms with E-state index in [0.29, 0.717) is 12.6 Å². The van der Waals surface area contributed by atoms with E-state index in [0.717, 1.165) is 35.5 Å². The summed E-state index contributed by atoms with van der Waals surface area (Å²) in [5.41, 5.74) is 1.05. The monoisotopic (exact) mass is 447 g/mol. The Morgan fingerprint density at radius 1 is 1.25 bits per heavy atom. The Morgan fingerprint density at radius 3 is 2.67 bits per heavy atom. The lowest BCUT2D eigenvalue weighted by atomic mass is 10.2. The van der Waals surface area contributed by atoms with Crippen LogP contribution in [-0.4, -0.2) is 32.8 Å². The number of ether oxygens (including phenoxy) is 2. The van der Waals surface area contributed by atoms with Gasteiger partial charge in [0.25, 0.3) is 0 Å². The fourth-order valence-corrected chi connectivity index (χ4v) is 2.76. The molecule has 136 valence electrons. The molecule has 1 aliphatic rings. The molecular formula is C18H30IN3O2. The van der Waals surface area contributed by atoms with Crippen LogP contribution in [0.25, 0.3) is 0 Å². The average molecular weight is 447 g/mol. The number of nitrogens with one attached hydrogen (secondary N) is 2. The van der Waals surface area contributed by atoms with E-state index in [9.17, 15) is 0 Å². The normalized spacial score (nSPS) is 19.2. The SMILES string of the molecule is CCCC1CC1NC(=NCc1ccc(OC)cc1OC)NCC.I. The number of halogens is 1. The summed E-state index contributed by atoms with van der Waals surface area (Å²) in [6, 6.07) is 6.40. The Kier molecular flexibility index (Phi) is 9.25. The minimum atomic E-state index is 0. The molecule has 5 nitrogen and oxygen atoms in total. The highest BCUT2D eigenvalue weighted by molar-refractivity contribution is 14.0. The van der Waals surface area contributed by atoms with E-state index < -0.39 is 0 Å². The van der Waals surface area contributed by atoms with Crippen molar-refractivity contribution in [3.63, 3.8) is 0 Å². The third-order valence-corrected chi connectivity index (χ3v) is 4.15. The molecule has 0 amide bonds. The predicted octanol–water partition coefficient (Wildman–Crippen LogP) is 3.57. The second-order valence-corrected chi connectivity index (χ2v) is 5.91. The van der Waals surface area contributed by atoms with Gasteiger partial charge in [-0.3, -0.25) is 0 Å². The van der Waals surface area contributed by atoms with Gasteiger partial charge >= 0.3 is 0 Å². The number of rotatable bonds is 8. The van der Waals surface area contributed by atoms with Gasteiger partial charge in [0.1, 0.15) is 11.5 Å². The Hall–Kier alpha value is -1.18. The molecule has 1 saturated carbocycles. The predicted molar refractivity (Wildman–Crippen MR) is 110 cm³/mol. The zero-order chi connectivity index (χ0) is 16.7. The molecule has 0 heterocycles. The van der Waals surface area contributed by atoms with Gasteiger partial charge in [0, 0.05) is 24.2 Å². The van der Waals surface area contributed by atoms with Crippen LogP contribution in [0, 0.1) is 5.92 Å². The standard InChI is InChI=1S/C18H29N3O2.HI/c1-5-7-13-10-16(13)21-18(19-6-2)20-12-14-8-9-15(22-3)11-17(14)23-4;/h8-9,11,13,16H,5-7,10,12H2,1-4H3,(H2,19,20,21);1H. The second-order valence-electron chi connectivity index (χ2n) is 5.91. The van der Waals surface area contributed by atoms with Gasteiger partial charge < -0.3 is 20.1 Å². The molecule has 0 bridgehead atoms. The zero-order valence-corrected chi connectivity index (χ0v) is 17.4. The van der Waals surface area contributed by atoms with Gasteiger partial charge in [-0.2, -0.15) is 0 Å². The fourth-order valence-electron chi connectivity index (χ4n) is 2.76. The molecule has 0 aromatic heterocycles. The number of guanidine groups is 1. The van der Waals surface area contributed by atoms with Crippen molar-refractivity contribution in [3.05, 3.63) is 23.8 Å². The lowest BCUT2D eigenvalue weighted by molar-refractivity contribution is 0.391. The number of methoxy groups -OCH3 is 2. The van der Waals surface area contributed by atoms with Crippen molar-refractivity contribution >= 4 is 29.9 Å². The Balaban J connectivity index is 0.00000288. The largest absolute Gasteiger partial charge is 0.497 e. The summed E-state index contributed by atoms with van der Waals surface area (Å²) >= 11 is 0. The molecule has 2 rings (SSSR count). The first-order valence-electron chi connectivity index (χ1n) is 8.47. The highest BCUT2D eigenvalue weighted by atomic mass is 127. The highest BCUT2D eigenvalue weighted by Gasteiger charge is 2.36. The minimum Gasteiger partial charge on any atom is -0.497 e. The molecule has 2 unspecified atom stereocenters. The fraction of sp³-hybridized carbons (Fsp3) is 0.611. The Bertz CT molecular complexity index is 537. The maximum Gasteiger partial charge on any atom is 0.191 e. The zero-order valence-electron chi connectivity index (χ0n) is 15.1. The molecule has 0 saturated heterocycles. The van der Waals surface area contributed by atoms with E-state index in [4.69, 9.17) is 14.5 Å². The maximum atomic E-state index is 5.43. The smallest absolute Gasteiger partial charge is 0.191 e. The molecule has 0 aliphatic heterocycles. The summed E-state index contributed by atoms with van der Waals surface area (Å²) in [5, 5.41) is 6.85. The van der Waals surface area contributed by atoms with Gasteiger partial charge in [-0.25, -0.2) is 4.99 Å². The van der Waals surface area contributed by atoms with Gasteiger partial charge in [0.15, 0.2) is 5.96 Å². The molecule has 2 N–H and O–H groups in total. The van der Waals surface area contributed by atoms with E-state index in [1.807, 2.05) is 18.2 Å². The molecular weight excluding hydrogens is 417 g/mol. The first-order valence-corrected chi connectivity index (χ1v) is 8.47. The molecule has 24 heavy (non-hydrogen) atoms. The third kappa shape index (κ3) is 6.03. The van der Waals surface area contributed by atoms with E-state index in [-0.39, 0.29) is 24.0 Å². The highest BCUT2D eigenvalue weighted by Crippen LogP contribution is 2.34. The van der Waals surface area contributed by atoms with Crippen molar-refractivity contribution in [2.24, 2.45) is 10.9 Å². The summed E-state index contributed by atoms with van der Waals surface area (Å²) in [7, 11) is 3.33. The number of hydrogen-bond donors (Lipinski definition) is 2. The van der Waals surface area contributed by atoms with Gasteiger partial charge in [-0.05, 0) is 37.8 Å². The van der Waals surface area contributed by atoms with Crippen molar-refractivity contribution in [1.82, 2.24) is 10.6 Å². The van der Waals surface area contributed by atoms with Crippen LogP contribution in [0.4, 0.5) is 0 Å². The van der Waals surface area contributed by atoms with Crippen LogP contribution in [0.1, 0.15) is 38.7 Å². The van der Waals surface area contributed by atoms with Crippen molar-refractivity contribution in [3.8, 4) is 11.5 Å². The lowest BCUT2D eigenvalue weighted by Gasteiger charge is -2.12. The quantitative estimate of drug-likeness (QED) is 0.364. The maximum absolute atomic E-state index is 5.43. The lowest BCUT2D eigenvalue weighted by Crippen LogP contribution is -2.39. The number of hydrogen-bond acceptors (Lipinski definition) is 3. The number of benzene rings is 1. The van der Waals surface area contributed by atoms with Crippen molar-refractivity contribution in [2.45, 2.75) is 45.7 Å². The molecule has 0 radical (unpaired) electrons. The topological polar surface area (TPSA) is 54.9 Å². The second kappa shape index (κ2) is 10.6. The van der Waals surface area contributed by atoms with Crippen LogP contribution in [0.5, 0.6) is 11.5 Å². The van der Waals surface area contributed by atoms with E-state index in [1.165, 1.54) is 19.3 Å². The van der Waals surface area contributed by atoms with Gasteiger partial charge in [0.05, 0.1) is 20.8 Å². The number of aliphatic imine (C=N–C) groups is 1. The molecule has 1 aromatic rings. The van der Waals surface area contributed by atoms with Crippen LogP contribution in [0.3, 0.4) is 0 Å². The van der Waals surface area contributed by atoms with Crippen LogP contribution in [-0.2, 0) is 6.54 Å². The van der Waals surface area contributed by atoms with Crippen molar-refractivity contribution in [2.75, 3.05) is 20.8 Å². The molecule has 6 heteroatoms. The first kappa shape index (κ1) is 20.9. The molecule has 0 spiro atoms. The van der Waals surface area contributed by atoms with E-state index in [1.54, 1.807) is 14.2 Å². The Morgan fingerprint density at radius 2 is 2.04 bits per heavy atom. The van der Waals surface area contributed by atoms with Crippen molar-refractivity contribution < 1.29 is 9.47 Å². The summed E-state index contributed by atoms with van der Waals surface area (Å²) in [4.78, 5) is 4.70. The van der Waals surface area contributed by atoms with Gasteiger partial charge in [-0.1, -0.05) is 13.3 Å². The summed E-state index contributed by atoms with van der Waals surface area (Å²) in [5.74, 6) is 3.28. The minimum absolute atomic E-state index is 0. The van der Waals surface area contributed by atoms with E-state index in [2.05, 4.69) is 24.5 Å². The number of nitrogens with zero attached hydrogens (tertiary/aromatic N) is 1.